The molecule has 0 radical (unpaired) electrons. The van der Waals surface area contributed by atoms with Crippen LogP contribution < -0.4 is 4.90 Å². The van der Waals surface area contributed by atoms with Crippen LogP contribution >= 0.6 is 0 Å². The van der Waals surface area contributed by atoms with Crippen LogP contribution in [0, 0.1) is 11.6 Å². The van der Waals surface area contributed by atoms with Gasteiger partial charge in [0.1, 0.15) is 23.1 Å². The topological polar surface area (TPSA) is 45.7 Å². The molecule has 5 rings (SSSR count). The van der Waals surface area contributed by atoms with Crippen LogP contribution in [0.25, 0.3) is 0 Å². The van der Waals surface area contributed by atoms with E-state index in [9.17, 15) is 26.7 Å². The largest absolute Gasteiger partial charge is 0.419 e. The van der Waals surface area contributed by atoms with E-state index in [4.69, 9.17) is 4.74 Å². The Kier molecular flexibility index (Phi) is 5.63. The first-order chi connectivity index (χ1) is 16.1. The van der Waals surface area contributed by atoms with Crippen LogP contribution in [0.3, 0.4) is 0 Å². The Morgan fingerprint density at radius 2 is 1.79 bits per heavy atom. The van der Waals surface area contributed by atoms with Crippen molar-refractivity contribution in [2.24, 2.45) is 0 Å². The van der Waals surface area contributed by atoms with E-state index in [1.807, 2.05) is 0 Å². The number of alkyl halides is 3. The third-order valence-corrected chi connectivity index (χ3v) is 7.02. The number of piperidine rings is 1. The fraction of sp³-hybridized carbons (Fsp3) is 0.500. The number of rotatable bonds is 4. The van der Waals surface area contributed by atoms with Gasteiger partial charge in [0, 0.05) is 25.8 Å². The molecule has 1 aromatic carbocycles. The lowest BCUT2D eigenvalue weighted by molar-refractivity contribution is -0.172. The average Bonchev–Trinajstić information content (AvgIpc) is 3.57. The summed E-state index contributed by atoms with van der Waals surface area (Å²) in [5.74, 6) is -1.78. The quantitative estimate of drug-likeness (QED) is 0.610. The predicted molar refractivity (Wildman–Crippen MR) is 113 cm³/mol. The number of pyridine rings is 1. The van der Waals surface area contributed by atoms with Crippen LogP contribution in [0.15, 0.2) is 36.5 Å². The Hall–Kier alpha value is -2.59. The van der Waals surface area contributed by atoms with Crippen LogP contribution in [-0.4, -0.2) is 53.2 Å². The van der Waals surface area contributed by atoms with E-state index in [2.05, 4.69) is 9.88 Å². The molecule has 0 unspecified atom stereocenters. The van der Waals surface area contributed by atoms with Crippen LogP contribution in [0.1, 0.15) is 36.8 Å². The lowest BCUT2D eigenvalue weighted by Crippen LogP contribution is -2.63. The maximum Gasteiger partial charge on any atom is 0.419 e. The summed E-state index contributed by atoms with van der Waals surface area (Å²) in [6.07, 6.45) is -1.07. The highest BCUT2D eigenvalue weighted by atomic mass is 19.4. The SMILES string of the molecule is O=C1N(c2ncccc2C(F)(F)F)CC2(CCN(CCc3cc(F)ccc3F)CC2)OC12CC2. The Morgan fingerprint density at radius 3 is 2.47 bits per heavy atom. The Morgan fingerprint density at radius 1 is 1.06 bits per heavy atom. The molecule has 0 atom stereocenters. The first-order valence-electron chi connectivity index (χ1n) is 11.3. The lowest BCUT2D eigenvalue weighted by Gasteiger charge is -2.50. The summed E-state index contributed by atoms with van der Waals surface area (Å²) >= 11 is 0. The van der Waals surface area contributed by atoms with Gasteiger partial charge >= 0.3 is 6.18 Å². The van der Waals surface area contributed by atoms with Crippen molar-refractivity contribution in [3.8, 4) is 0 Å². The van der Waals surface area contributed by atoms with Crippen molar-refractivity contribution in [3.05, 3.63) is 59.3 Å². The number of carbonyl (C=O) groups excluding carboxylic acids is 1. The number of aromatic nitrogens is 1. The van der Waals surface area contributed by atoms with Crippen molar-refractivity contribution in [2.75, 3.05) is 31.1 Å². The molecule has 3 aliphatic rings. The van der Waals surface area contributed by atoms with Crippen molar-refractivity contribution in [1.29, 1.82) is 0 Å². The van der Waals surface area contributed by atoms with Crippen LogP contribution in [0.2, 0.25) is 0 Å². The van der Waals surface area contributed by atoms with E-state index >= 15 is 0 Å². The molecule has 5 nitrogen and oxygen atoms in total. The second-order valence-corrected chi connectivity index (χ2v) is 9.37. The Balaban J connectivity index is 1.31. The molecule has 0 bridgehead atoms. The monoisotopic (exact) mass is 481 g/mol. The van der Waals surface area contributed by atoms with Crippen LogP contribution in [0.5, 0.6) is 0 Å². The standard InChI is InChI=1S/C24H24F5N3O2/c25-17-3-4-19(26)16(14-17)5-11-31-12-8-22(9-13-31)15-32(21(33)23(34-22)6-7-23)20-18(24(27,28)29)2-1-10-30-20/h1-4,10,14H,5-9,11-13,15H2. The summed E-state index contributed by atoms with van der Waals surface area (Å²) in [7, 11) is 0. The summed E-state index contributed by atoms with van der Waals surface area (Å²) in [4.78, 5) is 20.3. The maximum atomic E-state index is 13.9. The molecule has 0 N–H and O–H groups in total. The van der Waals surface area contributed by atoms with Crippen molar-refractivity contribution in [1.82, 2.24) is 9.88 Å². The van der Waals surface area contributed by atoms with Crippen LogP contribution in [0.4, 0.5) is 27.8 Å². The number of likely N-dealkylation sites (tertiary alicyclic amines) is 1. The van der Waals surface area contributed by atoms with Gasteiger partial charge in [-0.25, -0.2) is 13.8 Å². The highest BCUT2D eigenvalue weighted by Crippen LogP contribution is 2.51. The number of nitrogens with zero attached hydrogens (tertiary/aromatic N) is 3. The fourth-order valence-corrected chi connectivity index (χ4v) is 4.99. The van der Waals surface area contributed by atoms with Crippen molar-refractivity contribution >= 4 is 11.7 Å². The number of morpholine rings is 1. The predicted octanol–water partition coefficient (Wildman–Crippen LogP) is 4.35. The van der Waals surface area contributed by atoms with Crippen LogP contribution in [-0.2, 0) is 22.1 Å². The molecule has 1 aromatic heterocycles. The minimum Gasteiger partial charge on any atom is -0.357 e. The third-order valence-electron chi connectivity index (χ3n) is 7.02. The lowest BCUT2D eigenvalue weighted by atomic mass is 9.87. The van der Waals surface area contributed by atoms with E-state index < -0.39 is 40.5 Å². The van der Waals surface area contributed by atoms with E-state index in [1.165, 1.54) is 18.3 Å². The number of halogens is 5. The van der Waals surface area contributed by atoms with Gasteiger partial charge in [-0.15, -0.1) is 0 Å². The average molecular weight is 481 g/mol. The van der Waals surface area contributed by atoms with E-state index in [1.54, 1.807) is 0 Å². The van der Waals surface area contributed by atoms with Crippen molar-refractivity contribution in [2.45, 2.75) is 49.5 Å². The van der Waals surface area contributed by atoms with E-state index in [0.717, 1.165) is 23.1 Å². The molecule has 1 amide bonds. The van der Waals surface area contributed by atoms with Gasteiger partial charge in [0.05, 0.1) is 17.7 Å². The number of amides is 1. The molecular formula is C24H24F5N3O2. The molecule has 34 heavy (non-hydrogen) atoms. The summed E-state index contributed by atoms with van der Waals surface area (Å²) in [5, 5.41) is 0. The number of anilines is 1. The van der Waals surface area contributed by atoms with Gasteiger partial charge in [0.25, 0.3) is 5.91 Å². The normalized spacial score (nSPS) is 21.9. The molecule has 1 aliphatic carbocycles. The first-order valence-corrected chi connectivity index (χ1v) is 11.3. The van der Waals surface area contributed by atoms with Crippen molar-refractivity contribution in [3.63, 3.8) is 0 Å². The van der Waals surface area contributed by atoms with Gasteiger partial charge in [0.15, 0.2) is 0 Å². The number of benzene rings is 1. The number of hydrogen-bond donors (Lipinski definition) is 0. The fourth-order valence-electron chi connectivity index (χ4n) is 4.99. The number of hydrogen-bond acceptors (Lipinski definition) is 4. The van der Waals surface area contributed by atoms with E-state index in [-0.39, 0.29) is 12.4 Å². The summed E-state index contributed by atoms with van der Waals surface area (Å²) in [6, 6.07) is 5.53. The highest BCUT2D eigenvalue weighted by molar-refractivity contribution is 6.02. The Bertz CT molecular complexity index is 1090. The molecule has 2 saturated heterocycles. The molecular weight excluding hydrogens is 457 g/mol. The highest BCUT2D eigenvalue weighted by Gasteiger charge is 2.62. The molecule has 10 heteroatoms. The summed E-state index contributed by atoms with van der Waals surface area (Å²) < 4.78 is 74.6. The molecule has 2 aliphatic heterocycles. The molecule has 182 valence electrons. The van der Waals surface area contributed by atoms with Gasteiger partial charge in [-0.3, -0.25) is 9.69 Å². The van der Waals surface area contributed by atoms with Gasteiger partial charge in [-0.2, -0.15) is 13.2 Å². The zero-order valence-corrected chi connectivity index (χ0v) is 18.4. The maximum absolute atomic E-state index is 13.9. The van der Waals surface area contributed by atoms with Gasteiger partial charge in [-0.1, -0.05) is 0 Å². The zero-order valence-electron chi connectivity index (χ0n) is 18.4. The van der Waals surface area contributed by atoms with Gasteiger partial charge in [-0.05, 0) is 68.0 Å². The Labute approximate surface area is 193 Å². The molecule has 3 heterocycles. The minimum absolute atomic E-state index is 0.0000410. The number of carbonyl (C=O) groups is 1. The number of ether oxygens (including phenoxy) is 1. The molecule has 1 saturated carbocycles. The van der Waals surface area contributed by atoms with E-state index in [0.29, 0.717) is 57.3 Å². The van der Waals surface area contributed by atoms with Gasteiger partial charge in [0.2, 0.25) is 0 Å². The molecule has 2 spiro atoms. The van der Waals surface area contributed by atoms with Gasteiger partial charge < -0.3 is 9.64 Å². The third kappa shape index (κ3) is 4.29. The molecule has 3 fully saturated rings. The zero-order chi connectivity index (χ0) is 24.1. The first kappa shape index (κ1) is 23.2. The van der Waals surface area contributed by atoms with Crippen molar-refractivity contribution < 1.29 is 31.5 Å². The molecule has 2 aromatic rings. The summed E-state index contributed by atoms with van der Waals surface area (Å²) in [6.45, 7) is 1.66. The second-order valence-electron chi connectivity index (χ2n) is 9.37. The second kappa shape index (κ2) is 8.27. The summed E-state index contributed by atoms with van der Waals surface area (Å²) in [5.41, 5.74) is -2.49. The smallest absolute Gasteiger partial charge is 0.357 e. The minimum atomic E-state index is -4.64.